The Kier molecular flexibility index (Phi) is 4.54. The van der Waals surface area contributed by atoms with Gasteiger partial charge < -0.3 is 16.2 Å². The number of benzene rings is 1. The summed E-state index contributed by atoms with van der Waals surface area (Å²) in [6, 6.07) is 7.74. The number of anilines is 2. The summed E-state index contributed by atoms with van der Waals surface area (Å²) in [6.07, 6.45) is 1.55. The van der Waals surface area contributed by atoms with E-state index in [4.69, 9.17) is 10.8 Å². The quantitative estimate of drug-likeness (QED) is 0.785. The minimum absolute atomic E-state index is 0.0734. The van der Waals surface area contributed by atoms with Crippen molar-refractivity contribution < 1.29 is 14.7 Å². The largest absolute Gasteiger partial charge is 0.478 e. The molecule has 0 saturated carbocycles. The molecule has 0 aliphatic heterocycles. The first-order valence-corrected chi connectivity index (χ1v) is 6.78. The van der Waals surface area contributed by atoms with E-state index in [1.54, 1.807) is 18.2 Å². The van der Waals surface area contributed by atoms with E-state index in [0.717, 1.165) is 0 Å². The monoisotopic (exact) mass is 349 g/mol. The fourth-order valence-electron chi connectivity index (χ4n) is 1.65. The zero-order valence-electron chi connectivity index (χ0n) is 10.8. The number of aromatic carboxylic acids is 1. The molecule has 0 bridgehead atoms. The van der Waals surface area contributed by atoms with Crippen LogP contribution in [0, 0.1) is 0 Å². The van der Waals surface area contributed by atoms with Crippen molar-refractivity contribution >= 4 is 39.2 Å². The van der Waals surface area contributed by atoms with Crippen LogP contribution >= 0.6 is 15.9 Å². The highest BCUT2D eigenvalue weighted by molar-refractivity contribution is 9.10. The average molecular weight is 350 g/mol. The zero-order valence-corrected chi connectivity index (χ0v) is 12.4. The van der Waals surface area contributed by atoms with Crippen LogP contribution in [0.2, 0.25) is 0 Å². The first kappa shape index (κ1) is 15.0. The Balaban J connectivity index is 2.10. The van der Waals surface area contributed by atoms with E-state index in [0.29, 0.717) is 21.5 Å². The highest BCUT2D eigenvalue weighted by Crippen LogP contribution is 2.23. The van der Waals surface area contributed by atoms with Gasteiger partial charge in [-0.15, -0.1) is 0 Å². The third-order valence-electron chi connectivity index (χ3n) is 2.68. The molecule has 1 heterocycles. The van der Waals surface area contributed by atoms with E-state index in [1.165, 1.54) is 18.3 Å². The molecule has 1 aromatic carbocycles. The molecule has 2 aromatic rings. The fraction of sp³-hybridized carbons (Fsp3) is 0.0714. The van der Waals surface area contributed by atoms with Crippen LogP contribution in [0.5, 0.6) is 0 Å². The maximum absolute atomic E-state index is 11.9. The molecule has 4 N–H and O–H groups in total. The molecule has 0 radical (unpaired) electrons. The van der Waals surface area contributed by atoms with Gasteiger partial charge in [0.15, 0.2) is 0 Å². The molecule has 0 spiro atoms. The Morgan fingerprint density at radius 3 is 2.67 bits per heavy atom. The van der Waals surface area contributed by atoms with E-state index in [-0.39, 0.29) is 17.9 Å². The number of rotatable bonds is 4. The van der Waals surface area contributed by atoms with Gasteiger partial charge in [0.25, 0.3) is 0 Å². The van der Waals surface area contributed by atoms with Gasteiger partial charge in [0.2, 0.25) is 5.91 Å². The predicted molar refractivity (Wildman–Crippen MR) is 82.1 cm³/mol. The van der Waals surface area contributed by atoms with Gasteiger partial charge in [-0.1, -0.05) is 0 Å². The number of carboxylic acids is 1. The zero-order chi connectivity index (χ0) is 15.4. The molecule has 0 fully saturated rings. The Morgan fingerprint density at radius 2 is 2.05 bits per heavy atom. The molecule has 0 aliphatic rings. The SMILES string of the molecule is Nc1ccc(CC(=O)Nc2cc(C(=O)O)ccc2Br)nc1. The summed E-state index contributed by atoms with van der Waals surface area (Å²) in [4.78, 5) is 26.9. The lowest BCUT2D eigenvalue weighted by Gasteiger charge is -2.08. The van der Waals surface area contributed by atoms with Gasteiger partial charge in [0.1, 0.15) is 0 Å². The Hall–Kier alpha value is -2.41. The van der Waals surface area contributed by atoms with Crippen LogP contribution in [0.15, 0.2) is 41.0 Å². The van der Waals surface area contributed by atoms with Crippen molar-refractivity contribution in [2.75, 3.05) is 11.1 Å². The molecule has 0 unspecified atom stereocenters. The molecule has 1 amide bonds. The molecule has 0 aliphatic carbocycles. The van der Waals surface area contributed by atoms with Gasteiger partial charge >= 0.3 is 5.97 Å². The van der Waals surface area contributed by atoms with Gasteiger partial charge in [-0.25, -0.2) is 4.79 Å². The van der Waals surface area contributed by atoms with Crippen LogP contribution in [0.1, 0.15) is 16.1 Å². The normalized spacial score (nSPS) is 10.1. The molecular formula is C14H12BrN3O3. The maximum atomic E-state index is 11.9. The Morgan fingerprint density at radius 1 is 1.29 bits per heavy atom. The average Bonchev–Trinajstić information content (AvgIpc) is 2.43. The number of amides is 1. The number of hydrogen-bond acceptors (Lipinski definition) is 4. The van der Waals surface area contributed by atoms with Crippen molar-refractivity contribution in [2.45, 2.75) is 6.42 Å². The second-order valence-electron chi connectivity index (χ2n) is 4.31. The fourth-order valence-corrected chi connectivity index (χ4v) is 2.00. The van der Waals surface area contributed by atoms with Crippen LogP contribution in [-0.4, -0.2) is 22.0 Å². The van der Waals surface area contributed by atoms with Crippen molar-refractivity contribution in [3.63, 3.8) is 0 Å². The van der Waals surface area contributed by atoms with E-state index in [1.807, 2.05) is 0 Å². The van der Waals surface area contributed by atoms with Crippen molar-refractivity contribution in [3.05, 3.63) is 52.3 Å². The number of pyridine rings is 1. The number of aromatic nitrogens is 1. The second kappa shape index (κ2) is 6.36. The maximum Gasteiger partial charge on any atom is 0.335 e. The lowest BCUT2D eigenvalue weighted by molar-refractivity contribution is -0.115. The lowest BCUT2D eigenvalue weighted by atomic mass is 10.2. The van der Waals surface area contributed by atoms with E-state index < -0.39 is 5.97 Å². The number of nitrogens with one attached hydrogen (secondary N) is 1. The molecule has 21 heavy (non-hydrogen) atoms. The Bertz CT molecular complexity index is 686. The molecule has 0 saturated heterocycles. The van der Waals surface area contributed by atoms with Gasteiger partial charge in [0.05, 0.1) is 29.6 Å². The van der Waals surface area contributed by atoms with Crippen LogP contribution in [0.4, 0.5) is 11.4 Å². The Labute approximate surface area is 129 Å². The number of carbonyl (C=O) groups excluding carboxylic acids is 1. The van der Waals surface area contributed by atoms with Crippen LogP contribution in [0.25, 0.3) is 0 Å². The summed E-state index contributed by atoms with van der Waals surface area (Å²) in [6.45, 7) is 0. The third-order valence-corrected chi connectivity index (χ3v) is 3.37. The molecule has 1 aromatic heterocycles. The first-order valence-electron chi connectivity index (χ1n) is 5.99. The van der Waals surface area contributed by atoms with Crippen LogP contribution in [0.3, 0.4) is 0 Å². The van der Waals surface area contributed by atoms with E-state index in [2.05, 4.69) is 26.2 Å². The predicted octanol–water partition coefficient (Wildman–Crippen LogP) is 2.31. The van der Waals surface area contributed by atoms with E-state index in [9.17, 15) is 9.59 Å². The van der Waals surface area contributed by atoms with Crippen molar-refractivity contribution in [1.29, 1.82) is 0 Å². The molecule has 6 nitrogen and oxygen atoms in total. The molecular weight excluding hydrogens is 338 g/mol. The van der Waals surface area contributed by atoms with Crippen LogP contribution in [-0.2, 0) is 11.2 Å². The number of hydrogen-bond donors (Lipinski definition) is 3. The minimum Gasteiger partial charge on any atom is -0.478 e. The summed E-state index contributed by atoms with van der Waals surface area (Å²) in [5, 5.41) is 11.6. The standard InChI is InChI=1S/C14H12BrN3O3/c15-11-4-1-8(14(20)21)5-12(11)18-13(19)6-10-3-2-9(16)7-17-10/h1-5,7H,6,16H2,(H,18,19)(H,20,21). The first-order chi connectivity index (χ1) is 9.95. The highest BCUT2D eigenvalue weighted by Gasteiger charge is 2.10. The summed E-state index contributed by atoms with van der Waals surface area (Å²) in [5.41, 5.74) is 7.12. The topological polar surface area (TPSA) is 105 Å². The number of halogens is 1. The van der Waals surface area contributed by atoms with Crippen LogP contribution < -0.4 is 11.1 Å². The van der Waals surface area contributed by atoms with Gasteiger partial charge in [0, 0.05) is 10.2 Å². The number of carbonyl (C=O) groups is 2. The van der Waals surface area contributed by atoms with Crippen molar-refractivity contribution in [1.82, 2.24) is 4.98 Å². The summed E-state index contributed by atoms with van der Waals surface area (Å²) >= 11 is 3.26. The summed E-state index contributed by atoms with van der Waals surface area (Å²) in [5.74, 6) is -1.35. The van der Waals surface area contributed by atoms with Crippen molar-refractivity contribution in [2.24, 2.45) is 0 Å². The molecule has 7 heteroatoms. The molecule has 108 valence electrons. The smallest absolute Gasteiger partial charge is 0.335 e. The lowest BCUT2D eigenvalue weighted by Crippen LogP contribution is -2.16. The van der Waals surface area contributed by atoms with Crippen molar-refractivity contribution in [3.8, 4) is 0 Å². The minimum atomic E-state index is -1.06. The highest BCUT2D eigenvalue weighted by atomic mass is 79.9. The third kappa shape index (κ3) is 4.03. The number of nitrogens with two attached hydrogens (primary N) is 1. The number of carboxylic acid groups (broad SMARTS) is 1. The van der Waals surface area contributed by atoms with Gasteiger partial charge in [-0.2, -0.15) is 0 Å². The van der Waals surface area contributed by atoms with E-state index >= 15 is 0 Å². The number of nitrogens with zero attached hydrogens (tertiary/aromatic N) is 1. The molecule has 0 atom stereocenters. The summed E-state index contributed by atoms with van der Waals surface area (Å²) < 4.78 is 0.603. The van der Waals surface area contributed by atoms with Gasteiger partial charge in [-0.3, -0.25) is 9.78 Å². The molecule has 2 rings (SSSR count). The number of nitrogen functional groups attached to an aromatic ring is 1. The summed E-state index contributed by atoms with van der Waals surface area (Å²) in [7, 11) is 0. The van der Waals surface area contributed by atoms with Gasteiger partial charge in [-0.05, 0) is 46.3 Å². The second-order valence-corrected chi connectivity index (χ2v) is 5.16.